The van der Waals surface area contributed by atoms with Crippen LogP contribution in [0, 0.1) is 0 Å². The number of benzene rings is 5. The summed E-state index contributed by atoms with van der Waals surface area (Å²) in [7, 11) is 0. The maximum absolute atomic E-state index is 14.0. The van der Waals surface area contributed by atoms with E-state index >= 15 is 0 Å². The van der Waals surface area contributed by atoms with Crippen LogP contribution in [0.15, 0.2) is 132 Å². The molecule has 0 bridgehead atoms. The van der Waals surface area contributed by atoms with Crippen molar-refractivity contribution >= 4 is 44.3 Å². The Morgan fingerprint density at radius 3 is 1.73 bits per heavy atom. The lowest BCUT2D eigenvalue weighted by atomic mass is 10.1. The molecule has 44 heavy (non-hydrogen) atoms. The van der Waals surface area contributed by atoms with Crippen molar-refractivity contribution in [3.63, 3.8) is 0 Å². The summed E-state index contributed by atoms with van der Waals surface area (Å²) >= 11 is 0. The second kappa shape index (κ2) is 9.37. The van der Waals surface area contributed by atoms with E-state index in [1.165, 1.54) is 0 Å². The molecule has 0 spiro atoms. The molecule has 0 unspecified atom stereocenters. The Balaban J connectivity index is 1.39. The average Bonchev–Trinajstić information content (AvgIpc) is 3.49. The second-order valence-corrected chi connectivity index (χ2v) is 10.6. The van der Waals surface area contributed by atoms with E-state index in [0.717, 1.165) is 33.1 Å². The van der Waals surface area contributed by atoms with Crippen molar-refractivity contribution in [3.05, 3.63) is 138 Å². The zero-order valence-corrected chi connectivity index (χ0v) is 23.2. The third-order valence-electron chi connectivity index (χ3n) is 7.95. The van der Waals surface area contributed by atoms with Crippen molar-refractivity contribution in [1.82, 2.24) is 33.7 Å². The normalized spacial score (nSPS) is 11.7. The van der Waals surface area contributed by atoms with E-state index in [0.29, 0.717) is 45.3 Å². The van der Waals surface area contributed by atoms with Gasteiger partial charge in [0.15, 0.2) is 17.5 Å². The van der Waals surface area contributed by atoms with Gasteiger partial charge in [0.1, 0.15) is 5.65 Å². The van der Waals surface area contributed by atoms with E-state index < -0.39 is 0 Å². The zero-order chi connectivity index (χ0) is 29.2. The zero-order valence-electron chi connectivity index (χ0n) is 23.2. The summed E-state index contributed by atoms with van der Waals surface area (Å²) in [6.45, 7) is 0. The average molecular weight is 568 g/mol. The van der Waals surface area contributed by atoms with E-state index in [4.69, 9.17) is 24.9 Å². The number of aromatic nitrogens is 7. The van der Waals surface area contributed by atoms with Gasteiger partial charge in [0.05, 0.1) is 27.5 Å². The van der Waals surface area contributed by atoms with Crippen LogP contribution in [0.25, 0.3) is 78.4 Å². The summed E-state index contributed by atoms with van der Waals surface area (Å²) in [5.41, 5.74) is 6.16. The van der Waals surface area contributed by atoms with Gasteiger partial charge in [-0.05, 0) is 42.5 Å². The molecule has 8 heteroatoms. The monoisotopic (exact) mass is 567 g/mol. The summed E-state index contributed by atoms with van der Waals surface area (Å²) in [5, 5.41) is 1.34. The Morgan fingerprint density at radius 2 is 1.02 bits per heavy atom. The Labute approximate surface area is 249 Å². The van der Waals surface area contributed by atoms with Gasteiger partial charge in [0.2, 0.25) is 5.78 Å². The predicted octanol–water partition coefficient (Wildman–Crippen LogP) is 6.99. The Bertz CT molecular complexity index is 2570. The minimum Gasteiger partial charge on any atom is -0.268 e. The van der Waals surface area contributed by atoms with Gasteiger partial charge in [-0.2, -0.15) is 0 Å². The summed E-state index contributed by atoms with van der Waals surface area (Å²) in [4.78, 5) is 38.7. The maximum atomic E-state index is 14.0. The lowest BCUT2D eigenvalue weighted by Gasteiger charge is -2.12. The number of fused-ring (bicyclic) bond motifs is 9. The SMILES string of the molecule is O=c1c2ccccc2nc2n1c1ccc(-c3nc(-c4ccccc4)nc(-c4ccccc4)n3)cc1c1nc3ccccc3n12. The summed E-state index contributed by atoms with van der Waals surface area (Å²) < 4.78 is 3.65. The minimum absolute atomic E-state index is 0.138. The fraction of sp³-hybridized carbons (Fsp3) is 0. The molecule has 0 atom stereocenters. The summed E-state index contributed by atoms with van der Waals surface area (Å²) in [6.07, 6.45) is 0. The molecule has 206 valence electrons. The van der Waals surface area contributed by atoms with Gasteiger partial charge in [-0.25, -0.2) is 29.3 Å². The number of nitrogens with zero attached hydrogens (tertiary/aromatic N) is 7. The Kier molecular flexibility index (Phi) is 5.18. The highest BCUT2D eigenvalue weighted by molar-refractivity contribution is 6.01. The third-order valence-corrected chi connectivity index (χ3v) is 7.95. The molecule has 0 fully saturated rings. The van der Waals surface area contributed by atoms with Gasteiger partial charge in [0.25, 0.3) is 5.56 Å². The van der Waals surface area contributed by atoms with Gasteiger partial charge in [-0.1, -0.05) is 84.9 Å². The van der Waals surface area contributed by atoms with E-state index in [1.54, 1.807) is 4.40 Å². The standard InChI is InChI=1S/C36H21N7O/c44-35-25-15-7-8-16-27(25)38-36-42-30-18-10-9-17-28(30)37-34(42)26-21-24(19-20-29(26)43(35)36)33-40-31(22-11-3-1-4-12-22)39-32(41-33)23-13-5-2-6-14-23/h1-21H. The molecule has 4 aromatic heterocycles. The Morgan fingerprint density at radius 1 is 0.432 bits per heavy atom. The molecular formula is C36H21N7O. The molecule has 0 N–H and O–H groups in total. The second-order valence-electron chi connectivity index (χ2n) is 10.6. The van der Waals surface area contributed by atoms with Gasteiger partial charge >= 0.3 is 0 Å². The fourth-order valence-corrected chi connectivity index (χ4v) is 5.88. The van der Waals surface area contributed by atoms with Crippen LogP contribution in [-0.4, -0.2) is 33.7 Å². The molecule has 0 aliphatic rings. The highest BCUT2D eigenvalue weighted by Crippen LogP contribution is 2.31. The largest absolute Gasteiger partial charge is 0.268 e. The van der Waals surface area contributed by atoms with Crippen molar-refractivity contribution in [2.75, 3.05) is 0 Å². The first-order chi connectivity index (χ1) is 21.7. The van der Waals surface area contributed by atoms with Gasteiger partial charge in [-0.15, -0.1) is 0 Å². The molecule has 0 saturated heterocycles. The van der Waals surface area contributed by atoms with Crippen LogP contribution in [0.5, 0.6) is 0 Å². The molecule has 5 aromatic carbocycles. The molecule has 8 nitrogen and oxygen atoms in total. The number of para-hydroxylation sites is 3. The molecule has 0 radical (unpaired) electrons. The number of hydrogen-bond donors (Lipinski definition) is 0. The van der Waals surface area contributed by atoms with Gasteiger partial charge in [0, 0.05) is 22.1 Å². The first-order valence-electron chi connectivity index (χ1n) is 14.2. The molecule has 9 aromatic rings. The lowest BCUT2D eigenvalue weighted by Crippen LogP contribution is -2.18. The molecule has 0 aliphatic heterocycles. The van der Waals surface area contributed by atoms with E-state index in [1.807, 2.05) is 132 Å². The maximum Gasteiger partial charge on any atom is 0.267 e. The van der Waals surface area contributed by atoms with Gasteiger partial charge < -0.3 is 0 Å². The number of rotatable bonds is 3. The quantitative estimate of drug-likeness (QED) is 0.169. The van der Waals surface area contributed by atoms with E-state index in [2.05, 4.69) is 0 Å². The number of imidazole rings is 1. The molecule has 0 saturated carbocycles. The van der Waals surface area contributed by atoms with Crippen LogP contribution in [-0.2, 0) is 0 Å². The highest BCUT2D eigenvalue weighted by Gasteiger charge is 2.19. The van der Waals surface area contributed by atoms with E-state index in [-0.39, 0.29) is 5.56 Å². The van der Waals surface area contributed by atoms with Crippen molar-refractivity contribution in [2.24, 2.45) is 0 Å². The smallest absolute Gasteiger partial charge is 0.267 e. The first-order valence-corrected chi connectivity index (χ1v) is 14.2. The van der Waals surface area contributed by atoms with Gasteiger partial charge in [-0.3, -0.25) is 9.20 Å². The van der Waals surface area contributed by atoms with Crippen LogP contribution in [0.2, 0.25) is 0 Å². The van der Waals surface area contributed by atoms with Crippen LogP contribution in [0.1, 0.15) is 0 Å². The van der Waals surface area contributed by atoms with Crippen molar-refractivity contribution in [3.8, 4) is 34.2 Å². The van der Waals surface area contributed by atoms with Crippen LogP contribution < -0.4 is 5.56 Å². The minimum atomic E-state index is -0.138. The van der Waals surface area contributed by atoms with E-state index in [9.17, 15) is 4.79 Å². The highest BCUT2D eigenvalue weighted by atomic mass is 16.1. The van der Waals surface area contributed by atoms with Crippen molar-refractivity contribution in [2.45, 2.75) is 0 Å². The van der Waals surface area contributed by atoms with Crippen LogP contribution in [0.4, 0.5) is 0 Å². The molecule has 0 aliphatic carbocycles. The summed E-state index contributed by atoms with van der Waals surface area (Å²) in [5.74, 6) is 2.20. The number of hydrogen-bond acceptors (Lipinski definition) is 6. The summed E-state index contributed by atoms with van der Waals surface area (Å²) in [6, 6.07) is 41.0. The topological polar surface area (TPSA) is 90.3 Å². The van der Waals surface area contributed by atoms with Crippen molar-refractivity contribution in [1.29, 1.82) is 0 Å². The Hall–Kier alpha value is -6.28. The lowest BCUT2D eigenvalue weighted by molar-refractivity contribution is 1.05. The first kappa shape index (κ1) is 24.3. The molecule has 9 rings (SSSR count). The molecule has 0 amide bonds. The van der Waals surface area contributed by atoms with Crippen LogP contribution >= 0.6 is 0 Å². The van der Waals surface area contributed by atoms with Crippen LogP contribution in [0.3, 0.4) is 0 Å². The van der Waals surface area contributed by atoms with Crippen molar-refractivity contribution < 1.29 is 0 Å². The molecule has 4 heterocycles. The third kappa shape index (κ3) is 3.64. The predicted molar refractivity (Wildman–Crippen MR) is 172 cm³/mol. The fourth-order valence-electron chi connectivity index (χ4n) is 5.88. The molecular weight excluding hydrogens is 546 g/mol.